The number of hydrogen-bond acceptors (Lipinski definition) is 1. The Kier molecular flexibility index (Phi) is 6.06. The van der Waals surface area contributed by atoms with Crippen LogP contribution in [0.25, 0.3) is 28.0 Å². The van der Waals surface area contributed by atoms with Gasteiger partial charge < -0.3 is 9.88 Å². The average Bonchev–Trinajstić information content (AvgIpc) is 3.30. The molecule has 1 N–H and O–H groups in total. The van der Waals surface area contributed by atoms with Crippen molar-refractivity contribution in [1.82, 2.24) is 8.97 Å². The maximum atomic E-state index is 6.17. The van der Waals surface area contributed by atoms with Crippen molar-refractivity contribution < 1.29 is 0 Å². The van der Waals surface area contributed by atoms with Crippen LogP contribution in [0, 0.1) is 13.8 Å². The number of nitrogens with zero attached hydrogens (tertiary/aromatic N) is 2. The van der Waals surface area contributed by atoms with Gasteiger partial charge in [0.2, 0.25) is 0 Å². The third-order valence-electron chi connectivity index (χ3n) is 7.18. The molecule has 0 atom stereocenters. The molecule has 0 spiro atoms. The van der Waals surface area contributed by atoms with Crippen molar-refractivity contribution in [2.45, 2.75) is 39.7 Å². The van der Waals surface area contributed by atoms with Crippen molar-refractivity contribution in [3.8, 4) is 22.4 Å². The summed E-state index contributed by atoms with van der Waals surface area (Å²) in [6, 6.07) is 25.8. The Morgan fingerprint density at radius 1 is 0.917 bits per heavy atom. The van der Waals surface area contributed by atoms with Gasteiger partial charge in [0, 0.05) is 34.0 Å². The predicted octanol–water partition coefficient (Wildman–Crippen LogP) is 8.58. The Balaban J connectivity index is 1.61. The second kappa shape index (κ2) is 9.38. The smallest absolute Gasteiger partial charge is 0.128 e. The fraction of sp³-hybridized carbons (Fsp3) is 0.194. The summed E-state index contributed by atoms with van der Waals surface area (Å²) >= 11 is 9.78. The minimum absolute atomic E-state index is 0.749. The molecule has 36 heavy (non-hydrogen) atoms. The van der Waals surface area contributed by atoms with Gasteiger partial charge in [0.1, 0.15) is 10.6 Å². The van der Waals surface area contributed by atoms with Crippen LogP contribution in [0.5, 0.6) is 0 Å². The van der Waals surface area contributed by atoms with Crippen LogP contribution in [0.3, 0.4) is 0 Å². The third-order valence-corrected chi connectivity index (χ3v) is 8.01. The van der Waals surface area contributed by atoms with Crippen molar-refractivity contribution in [1.29, 1.82) is 0 Å². The molecule has 0 saturated carbocycles. The van der Waals surface area contributed by atoms with E-state index in [0.717, 1.165) is 40.2 Å². The Morgan fingerprint density at radius 3 is 2.44 bits per heavy atom. The van der Waals surface area contributed by atoms with Crippen molar-refractivity contribution in [2.75, 3.05) is 5.32 Å². The third kappa shape index (κ3) is 4.00. The number of halogens is 1. The minimum atomic E-state index is 0.749. The number of benzene rings is 3. The van der Waals surface area contributed by atoms with E-state index in [1.807, 2.05) is 0 Å². The highest BCUT2D eigenvalue weighted by Crippen LogP contribution is 2.40. The first kappa shape index (κ1) is 23.3. The van der Waals surface area contributed by atoms with Crippen molar-refractivity contribution in [3.63, 3.8) is 0 Å². The summed E-state index contributed by atoms with van der Waals surface area (Å²) < 4.78 is 5.93. The summed E-state index contributed by atoms with van der Waals surface area (Å²) in [4.78, 5) is 0.749. The lowest BCUT2D eigenvalue weighted by molar-refractivity contribution is 0.647. The number of anilines is 1. The zero-order valence-electron chi connectivity index (χ0n) is 20.5. The van der Waals surface area contributed by atoms with Gasteiger partial charge in [-0.1, -0.05) is 88.3 Å². The summed E-state index contributed by atoms with van der Waals surface area (Å²) in [5, 5.41) is 3.60. The highest BCUT2D eigenvalue weighted by molar-refractivity contribution is 9.10. The first-order valence-electron chi connectivity index (χ1n) is 12.5. The Bertz CT molecular complexity index is 1590. The second-order valence-corrected chi connectivity index (χ2v) is 11.0. The molecule has 0 amide bonds. The first-order valence-corrected chi connectivity index (χ1v) is 13.7. The molecule has 5 heteroatoms. The standard InChI is InChI=1S/C31H28BrN3S/c1-20-11-16-26(21(2)18-20)33-30(36)29-28(23-12-14-24(32)15-13-23)25-10-6-7-17-34-27(19-35(29)31(25)34)22-8-4-3-5-9-22/h3-5,8-9,11-16,18-19H,6-7,10,17H2,1-2H3,(H,33,36). The van der Waals surface area contributed by atoms with Crippen LogP contribution in [0.1, 0.15) is 35.2 Å². The summed E-state index contributed by atoms with van der Waals surface area (Å²) in [6.45, 7) is 5.26. The van der Waals surface area contributed by atoms with Gasteiger partial charge in [0.25, 0.3) is 0 Å². The van der Waals surface area contributed by atoms with Gasteiger partial charge >= 0.3 is 0 Å². The second-order valence-electron chi connectivity index (χ2n) is 9.66. The normalized spacial score (nSPS) is 13.1. The lowest BCUT2D eigenvalue weighted by Gasteiger charge is -2.14. The van der Waals surface area contributed by atoms with Gasteiger partial charge in [0.05, 0.1) is 11.4 Å². The molecule has 5 aromatic rings. The van der Waals surface area contributed by atoms with Gasteiger partial charge in [-0.25, -0.2) is 0 Å². The lowest BCUT2D eigenvalue weighted by Crippen LogP contribution is -2.15. The molecule has 0 aliphatic carbocycles. The number of rotatable bonds is 4. The Hall–Kier alpha value is -3.15. The fourth-order valence-corrected chi connectivity index (χ4v) is 6.09. The van der Waals surface area contributed by atoms with E-state index in [9.17, 15) is 0 Å². The predicted molar refractivity (Wildman–Crippen MR) is 158 cm³/mol. The van der Waals surface area contributed by atoms with Crippen molar-refractivity contribution in [3.05, 3.63) is 106 Å². The number of imidazole rings is 1. The van der Waals surface area contributed by atoms with Crippen LogP contribution >= 0.6 is 28.1 Å². The lowest BCUT2D eigenvalue weighted by atomic mass is 9.98. The van der Waals surface area contributed by atoms with E-state index in [1.165, 1.54) is 51.1 Å². The van der Waals surface area contributed by atoms with E-state index in [1.54, 1.807) is 0 Å². The molecule has 2 aromatic heterocycles. The Labute approximate surface area is 225 Å². The summed E-state index contributed by atoms with van der Waals surface area (Å²) in [5.41, 5.74) is 12.1. The topological polar surface area (TPSA) is 21.4 Å². The van der Waals surface area contributed by atoms with E-state index in [-0.39, 0.29) is 0 Å². The fourth-order valence-electron chi connectivity index (χ4n) is 5.51. The maximum Gasteiger partial charge on any atom is 0.128 e. The maximum absolute atomic E-state index is 6.17. The molecule has 0 bridgehead atoms. The molecular weight excluding hydrogens is 526 g/mol. The highest BCUT2D eigenvalue weighted by Gasteiger charge is 2.28. The van der Waals surface area contributed by atoms with Crippen LogP contribution in [-0.4, -0.2) is 14.0 Å². The van der Waals surface area contributed by atoms with E-state index in [4.69, 9.17) is 12.2 Å². The van der Waals surface area contributed by atoms with Gasteiger partial charge in [-0.05, 0) is 68.0 Å². The number of hydrogen-bond donors (Lipinski definition) is 1. The van der Waals surface area contributed by atoms with Crippen LogP contribution in [-0.2, 0) is 13.0 Å². The SMILES string of the molecule is Cc1ccc(NC(=S)c2c(-c3ccc(Br)cc3)c3c4n(c(-c5ccccc5)cn24)CCCC3)c(C)c1. The molecule has 3 aromatic carbocycles. The van der Waals surface area contributed by atoms with Gasteiger partial charge in [-0.2, -0.15) is 0 Å². The number of aromatic nitrogens is 2. The quantitative estimate of drug-likeness (QED) is 0.225. The average molecular weight is 555 g/mol. The summed E-state index contributed by atoms with van der Waals surface area (Å²) in [5.74, 6) is 0. The molecule has 1 aliphatic rings. The first-order chi connectivity index (χ1) is 17.5. The zero-order chi connectivity index (χ0) is 24.8. The number of thiocarbonyl (C=S) groups is 1. The van der Waals surface area contributed by atoms with Crippen LogP contribution in [0.15, 0.2) is 83.5 Å². The van der Waals surface area contributed by atoms with E-state index < -0.39 is 0 Å². The van der Waals surface area contributed by atoms with Crippen LogP contribution in [0.2, 0.25) is 0 Å². The summed E-state index contributed by atoms with van der Waals surface area (Å²) in [6.07, 6.45) is 5.65. The van der Waals surface area contributed by atoms with Gasteiger partial charge in [-0.3, -0.25) is 4.40 Å². The molecule has 0 radical (unpaired) electrons. The van der Waals surface area contributed by atoms with E-state index >= 15 is 0 Å². The molecule has 1 aliphatic heterocycles. The Morgan fingerprint density at radius 2 is 1.69 bits per heavy atom. The monoisotopic (exact) mass is 553 g/mol. The van der Waals surface area contributed by atoms with Crippen molar-refractivity contribution >= 4 is 44.5 Å². The molecule has 6 rings (SSSR count). The molecule has 3 heterocycles. The highest BCUT2D eigenvalue weighted by atomic mass is 79.9. The van der Waals surface area contributed by atoms with E-state index in [2.05, 4.69) is 123 Å². The molecule has 3 nitrogen and oxygen atoms in total. The summed E-state index contributed by atoms with van der Waals surface area (Å²) in [7, 11) is 0. The van der Waals surface area contributed by atoms with E-state index in [0.29, 0.717) is 0 Å². The van der Waals surface area contributed by atoms with Gasteiger partial charge in [0.15, 0.2) is 0 Å². The van der Waals surface area contributed by atoms with Crippen LogP contribution in [0.4, 0.5) is 5.69 Å². The zero-order valence-corrected chi connectivity index (χ0v) is 22.9. The molecule has 180 valence electrons. The molecule has 0 saturated heterocycles. The largest absolute Gasteiger partial charge is 0.345 e. The number of nitrogens with one attached hydrogen (secondary N) is 1. The van der Waals surface area contributed by atoms with Gasteiger partial charge in [-0.15, -0.1) is 0 Å². The molecular formula is C31H28BrN3S. The number of aryl methyl sites for hydroxylation is 4. The molecule has 0 unspecified atom stereocenters. The van der Waals surface area contributed by atoms with Crippen molar-refractivity contribution in [2.24, 2.45) is 0 Å². The molecule has 0 fully saturated rings. The minimum Gasteiger partial charge on any atom is -0.345 e. The van der Waals surface area contributed by atoms with Crippen LogP contribution < -0.4 is 5.32 Å².